The Hall–Kier alpha value is -1.65. The molecule has 58 valence electrons. The first-order valence-corrected chi connectivity index (χ1v) is 2.92. The van der Waals surface area contributed by atoms with Gasteiger partial charge in [-0.3, -0.25) is 14.2 Å². The lowest BCUT2D eigenvalue weighted by molar-refractivity contribution is -0.137. The van der Waals surface area contributed by atoms with Crippen LogP contribution in [0.25, 0.3) is 0 Å². The van der Waals surface area contributed by atoms with Crippen LogP contribution in [0.3, 0.4) is 0 Å². The van der Waals surface area contributed by atoms with Crippen molar-refractivity contribution in [3.63, 3.8) is 0 Å². The van der Waals surface area contributed by atoms with Crippen molar-refractivity contribution in [2.24, 2.45) is 0 Å². The third-order valence-electron chi connectivity index (χ3n) is 1.10. The summed E-state index contributed by atoms with van der Waals surface area (Å²) in [4.78, 5) is 24.5. The maximum absolute atomic E-state index is 10.8. The average Bonchev–Trinajstić information content (AvgIpc) is 1.93. The van der Waals surface area contributed by atoms with Gasteiger partial charge in [0.05, 0.1) is 6.33 Å². The van der Waals surface area contributed by atoms with Crippen LogP contribution in [0.4, 0.5) is 0 Å². The molecule has 0 aliphatic heterocycles. The number of hydrogen-bond donors (Lipinski definition) is 1. The first-order chi connectivity index (χ1) is 5.20. The van der Waals surface area contributed by atoms with Crippen LogP contribution < -0.4 is 5.56 Å². The highest BCUT2D eigenvalue weighted by Gasteiger charge is 1.98. The van der Waals surface area contributed by atoms with Crippen LogP contribution in [-0.2, 0) is 11.3 Å². The molecular weight excluding hydrogens is 148 g/mol. The van der Waals surface area contributed by atoms with Crippen LogP contribution in [0.1, 0.15) is 0 Å². The number of carboxylic acid groups (broad SMARTS) is 1. The molecule has 0 aromatic carbocycles. The Bertz CT molecular complexity index is 318. The van der Waals surface area contributed by atoms with Crippen molar-refractivity contribution in [3.8, 4) is 0 Å². The predicted molar refractivity (Wildman–Crippen MR) is 36.1 cm³/mol. The van der Waals surface area contributed by atoms with E-state index in [2.05, 4.69) is 4.98 Å². The van der Waals surface area contributed by atoms with E-state index in [-0.39, 0.29) is 12.1 Å². The Morgan fingerprint density at radius 1 is 1.73 bits per heavy atom. The summed E-state index contributed by atoms with van der Waals surface area (Å²) >= 11 is 0. The summed E-state index contributed by atoms with van der Waals surface area (Å²) in [6.45, 7) is -0.341. The molecule has 0 aliphatic carbocycles. The van der Waals surface area contributed by atoms with Crippen molar-refractivity contribution in [1.82, 2.24) is 9.55 Å². The van der Waals surface area contributed by atoms with Gasteiger partial charge >= 0.3 is 5.97 Å². The zero-order chi connectivity index (χ0) is 8.27. The van der Waals surface area contributed by atoms with Crippen molar-refractivity contribution in [3.05, 3.63) is 28.9 Å². The quantitative estimate of drug-likeness (QED) is 0.613. The van der Waals surface area contributed by atoms with E-state index in [1.807, 2.05) is 0 Å². The number of carboxylic acids is 1. The third-order valence-corrected chi connectivity index (χ3v) is 1.10. The van der Waals surface area contributed by atoms with Gasteiger partial charge in [-0.15, -0.1) is 0 Å². The standard InChI is InChI=1S/C6H6N2O3/c9-5-1-2-7-4-8(5)3-6(10)11/h1-2,4H,3H2,(H,10,11). The van der Waals surface area contributed by atoms with Gasteiger partial charge in [0.2, 0.25) is 0 Å². The van der Waals surface area contributed by atoms with E-state index in [0.29, 0.717) is 0 Å². The SMILES string of the molecule is O=C(O)Cn1cnccc1=O. The molecule has 0 aliphatic rings. The van der Waals surface area contributed by atoms with Gasteiger partial charge in [0.1, 0.15) is 6.54 Å². The van der Waals surface area contributed by atoms with Gasteiger partial charge in [-0.05, 0) is 0 Å². The topological polar surface area (TPSA) is 72.2 Å². The van der Waals surface area contributed by atoms with Gasteiger partial charge in [-0.1, -0.05) is 0 Å². The molecule has 5 nitrogen and oxygen atoms in total. The van der Waals surface area contributed by atoms with E-state index in [0.717, 1.165) is 4.57 Å². The van der Waals surface area contributed by atoms with Crippen molar-refractivity contribution in [2.75, 3.05) is 0 Å². The Kier molecular flexibility index (Phi) is 2.00. The van der Waals surface area contributed by atoms with E-state index >= 15 is 0 Å². The fraction of sp³-hybridized carbons (Fsp3) is 0.167. The minimum atomic E-state index is -1.06. The molecule has 0 bridgehead atoms. The van der Waals surface area contributed by atoms with E-state index < -0.39 is 5.97 Å². The summed E-state index contributed by atoms with van der Waals surface area (Å²) in [5.74, 6) is -1.06. The lowest BCUT2D eigenvalue weighted by Crippen LogP contribution is -2.22. The fourth-order valence-corrected chi connectivity index (χ4v) is 0.643. The van der Waals surface area contributed by atoms with Crippen LogP contribution in [0.5, 0.6) is 0 Å². The number of carbonyl (C=O) groups is 1. The van der Waals surface area contributed by atoms with Crippen molar-refractivity contribution in [2.45, 2.75) is 6.54 Å². The second-order valence-electron chi connectivity index (χ2n) is 1.94. The summed E-state index contributed by atoms with van der Waals surface area (Å²) in [7, 11) is 0. The van der Waals surface area contributed by atoms with Crippen molar-refractivity contribution >= 4 is 5.97 Å². The maximum Gasteiger partial charge on any atom is 0.323 e. The maximum atomic E-state index is 10.8. The first kappa shape index (κ1) is 7.46. The van der Waals surface area contributed by atoms with E-state index in [4.69, 9.17) is 5.11 Å². The van der Waals surface area contributed by atoms with Crippen LogP contribution >= 0.6 is 0 Å². The van der Waals surface area contributed by atoms with Crippen molar-refractivity contribution < 1.29 is 9.90 Å². The summed E-state index contributed by atoms with van der Waals surface area (Å²) in [5.41, 5.74) is -0.359. The van der Waals surface area contributed by atoms with Crippen molar-refractivity contribution in [1.29, 1.82) is 0 Å². The molecule has 0 amide bonds. The molecule has 0 unspecified atom stereocenters. The number of aromatic nitrogens is 2. The second-order valence-corrected chi connectivity index (χ2v) is 1.94. The molecule has 0 saturated carbocycles. The largest absolute Gasteiger partial charge is 0.480 e. The highest BCUT2D eigenvalue weighted by Crippen LogP contribution is 1.76. The number of hydrogen-bond acceptors (Lipinski definition) is 3. The van der Waals surface area contributed by atoms with Gasteiger partial charge in [0, 0.05) is 12.3 Å². The fourth-order valence-electron chi connectivity index (χ4n) is 0.643. The molecule has 1 aromatic heterocycles. The zero-order valence-electron chi connectivity index (χ0n) is 5.60. The molecule has 1 N–H and O–H groups in total. The Balaban J connectivity index is 2.95. The van der Waals surface area contributed by atoms with Crippen LogP contribution in [0, 0.1) is 0 Å². The summed E-state index contributed by atoms with van der Waals surface area (Å²) in [5, 5.41) is 8.30. The monoisotopic (exact) mass is 154 g/mol. The molecular formula is C6H6N2O3. The van der Waals surface area contributed by atoms with Crippen LogP contribution in [0.2, 0.25) is 0 Å². The molecule has 0 fully saturated rings. The highest BCUT2D eigenvalue weighted by atomic mass is 16.4. The summed E-state index contributed by atoms with van der Waals surface area (Å²) in [6.07, 6.45) is 2.51. The third kappa shape index (κ3) is 1.89. The zero-order valence-corrected chi connectivity index (χ0v) is 5.60. The Morgan fingerprint density at radius 2 is 2.45 bits per heavy atom. The predicted octanol–water partition coefficient (Wildman–Crippen LogP) is -0.672. The van der Waals surface area contributed by atoms with Gasteiger partial charge < -0.3 is 5.11 Å². The first-order valence-electron chi connectivity index (χ1n) is 2.92. The van der Waals surface area contributed by atoms with Gasteiger partial charge in [-0.25, -0.2) is 4.98 Å². The molecule has 0 spiro atoms. The van der Waals surface area contributed by atoms with Crippen LogP contribution in [0.15, 0.2) is 23.4 Å². The molecule has 1 rings (SSSR count). The summed E-state index contributed by atoms with van der Waals surface area (Å²) < 4.78 is 1.02. The molecule has 0 atom stereocenters. The second kappa shape index (κ2) is 2.96. The lowest BCUT2D eigenvalue weighted by atomic mass is 10.6. The van der Waals surface area contributed by atoms with E-state index in [9.17, 15) is 9.59 Å². The highest BCUT2D eigenvalue weighted by molar-refractivity contribution is 5.66. The van der Waals surface area contributed by atoms with Gasteiger partial charge in [-0.2, -0.15) is 0 Å². The minimum Gasteiger partial charge on any atom is -0.480 e. The number of nitrogens with zero attached hydrogens (tertiary/aromatic N) is 2. The average molecular weight is 154 g/mol. The molecule has 1 heterocycles. The Morgan fingerprint density at radius 3 is 3.00 bits per heavy atom. The molecule has 5 heteroatoms. The Labute approximate surface area is 61.9 Å². The minimum absolute atomic E-state index is 0.341. The van der Waals surface area contributed by atoms with Gasteiger partial charge in [0.25, 0.3) is 5.56 Å². The normalized spacial score (nSPS) is 9.45. The number of aliphatic carboxylic acids is 1. The molecule has 0 radical (unpaired) electrons. The van der Waals surface area contributed by atoms with E-state index in [1.165, 1.54) is 18.6 Å². The lowest BCUT2D eigenvalue weighted by Gasteiger charge is -1.97. The molecule has 1 aromatic rings. The number of rotatable bonds is 2. The smallest absolute Gasteiger partial charge is 0.323 e. The molecule has 11 heavy (non-hydrogen) atoms. The van der Waals surface area contributed by atoms with E-state index in [1.54, 1.807) is 0 Å². The van der Waals surface area contributed by atoms with Crippen LogP contribution in [-0.4, -0.2) is 20.6 Å². The van der Waals surface area contributed by atoms with Gasteiger partial charge in [0.15, 0.2) is 0 Å². The summed E-state index contributed by atoms with van der Waals surface area (Å²) in [6, 6.07) is 1.21. The molecule has 0 saturated heterocycles.